The van der Waals surface area contributed by atoms with E-state index in [1.165, 1.54) is 0 Å². The first-order chi connectivity index (χ1) is 9.20. The van der Waals surface area contributed by atoms with E-state index in [0.717, 1.165) is 18.6 Å². The van der Waals surface area contributed by atoms with E-state index in [1.54, 1.807) is 18.2 Å². The second-order valence-electron chi connectivity index (χ2n) is 4.11. The summed E-state index contributed by atoms with van der Waals surface area (Å²) in [6.45, 7) is 3.06. The molecule has 0 heterocycles. The number of nitrogen functional groups attached to an aromatic ring is 1. The SMILES string of the molecule is CCOc1cccc(N)c1C(=O)NCCCCSC. The highest BCUT2D eigenvalue weighted by atomic mass is 32.2. The van der Waals surface area contributed by atoms with Gasteiger partial charge in [0.05, 0.1) is 6.61 Å². The van der Waals surface area contributed by atoms with Crippen LogP contribution in [-0.4, -0.2) is 31.1 Å². The summed E-state index contributed by atoms with van der Waals surface area (Å²) >= 11 is 1.82. The Morgan fingerprint density at radius 2 is 2.21 bits per heavy atom. The second-order valence-corrected chi connectivity index (χ2v) is 5.09. The van der Waals surface area contributed by atoms with Gasteiger partial charge in [0.1, 0.15) is 11.3 Å². The van der Waals surface area contributed by atoms with Gasteiger partial charge in [-0.3, -0.25) is 4.79 Å². The van der Waals surface area contributed by atoms with Gasteiger partial charge in [-0.25, -0.2) is 0 Å². The van der Waals surface area contributed by atoms with Gasteiger partial charge in [-0.1, -0.05) is 6.07 Å². The molecule has 1 amide bonds. The molecule has 106 valence electrons. The van der Waals surface area contributed by atoms with Crippen LogP contribution in [0.5, 0.6) is 5.75 Å². The molecule has 3 N–H and O–H groups in total. The Labute approximate surface area is 119 Å². The van der Waals surface area contributed by atoms with Crippen molar-refractivity contribution in [2.24, 2.45) is 0 Å². The zero-order valence-corrected chi connectivity index (χ0v) is 12.4. The minimum Gasteiger partial charge on any atom is -0.493 e. The lowest BCUT2D eigenvalue weighted by atomic mass is 10.1. The fourth-order valence-electron chi connectivity index (χ4n) is 1.73. The number of hydrogen-bond acceptors (Lipinski definition) is 4. The second kappa shape index (κ2) is 8.69. The molecule has 0 unspecified atom stereocenters. The number of anilines is 1. The molecule has 1 aromatic carbocycles. The number of hydrogen-bond donors (Lipinski definition) is 2. The maximum Gasteiger partial charge on any atom is 0.257 e. The third kappa shape index (κ3) is 5.03. The molecular weight excluding hydrogens is 260 g/mol. The van der Waals surface area contributed by atoms with Crippen molar-refractivity contribution < 1.29 is 9.53 Å². The number of amides is 1. The molecule has 0 bridgehead atoms. The molecule has 1 aromatic rings. The Kier molecular flexibility index (Phi) is 7.18. The molecule has 0 aliphatic heterocycles. The van der Waals surface area contributed by atoms with Crippen molar-refractivity contribution in [3.05, 3.63) is 23.8 Å². The smallest absolute Gasteiger partial charge is 0.257 e. The third-order valence-electron chi connectivity index (χ3n) is 2.65. The molecule has 0 aliphatic carbocycles. The topological polar surface area (TPSA) is 64.3 Å². The first-order valence-corrected chi connectivity index (χ1v) is 7.88. The van der Waals surface area contributed by atoms with Gasteiger partial charge in [-0.15, -0.1) is 0 Å². The number of rotatable bonds is 8. The van der Waals surface area contributed by atoms with Gasteiger partial charge < -0.3 is 15.8 Å². The molecule has 0 fully saturated rings. The van der Waals surface area contributed by atoms with Gasteiger partial charge in [-0.2, -0.15) is 11.8 Å². The minimum atomic E-state index is -0.161. The lowest BCUT2D eigenvalue weighted by molar-refractivity contribution is 0.0950. The van der Waals surface area contributed by atoms with Crippen LogP contribution in [0.3, 0.4) is 0 Å². The lowest BCUT2D eigenvalue weighted by Gasteiger charge is -2.12. The number of benzene rings is 1. The molecule has 19 heavy (non-hydrogen) atoms. The molecule has 0 aliphatic rings. The normalized spacial score (nSPS) is 10.2. The first kappa shape index (κ1) is 15.7. The molecule has 0 radical (unpaired) electrons. The van der Waals surface area contributed by atoms with Gasteiger partial charge in [0, 0.05) is 12.2 Å². The van der Waals surface area contributed by atoms with Crippen LogP contribution in [0.1, 0.15) is 30.1 Å². The van der Waals surface area contributed by atoms with Crippen molar-refractivity contribution in [2.45, 2.75) is 19.8 Å². The molecule has 0 aromatic heterocycles. The average molecular weight is 282 g/mol. The minimum absolute atomic E-state index is 0.161. The summed E-state index contributed by atoms with van der Waals surface area (Å²) in [4.78, 5) is 12.1. The van der Waals surface area contributed by atoms with E-state index in [-0.39, 0.29) is 5.91 Å². The van der Waals surface area contributed by atoms with Crippen LogP contribution >= 0.6 is 11.8 Å². The maximum atomic E-state index is 12.1. The molecule has 4 nitrogen and oxygen atoms in total. The Balaban J connectivity index is 2.60. The standard InChI is InChI=1S/C14H22N2O2S/c1-3-18-12-8-6-7-11(15)13(12)14(17)16-9-4-5-10-19-2/h6-8H,3-5,9-10,15H2,1-2H3,(H,16,17). The number of nitrogens with one attached hydrogen (secondary N) is 1. The molecule has 5 heteroatoms. The number of carbonyl (C=O) groups excluding carboxylic acids is 1. The van der Waals surface area contributed by atoms with E-state index in [0.29, 0.717) is 30.2 Å². The van der Waals surface area contributed by atoms with Crippen LogP contribution in [0.15, 0.2) is 18.2 Å². The lowest BCUT2D eigenvalue weighted by Crippen LogP contribution is -2.26. The maximum absolute atomic E-state index is 12.1. The first-order valence-electron chi connectivity index (χ1n) is 6.49. The fraction of sp³-hybridized carbons (Fsp3) is 0.500. The third-order valence-corrected chi connectivity index (χ3v) is 3.34. The predicted octanol–water partition coefficient (Wildman–Crippen LogP) is 2.54. The number of carbonyl (C=O) groups is 1. The van der Waals surface area contributed by atoms with Crippen molar-refractivity contribution in [3.63, 3.8) is 0 Å². The Hall–Kier alpha value is -1.36. The van der Waals surface area contributed by atoms with Crippen LogP contribution < -0.4 is 15.8 Å². The number of thioether (sulfide) groups is 1. The highest BCUT2D eigenvalue weighted by Crippen LogP contribution is 2.24. The molecular formula is C14H22N2O2S. The van der Waals surface area contributed by atoms with Crippen LogP contribution in [0.4, 0.5) is 5.69 Å². The highest BCUT2D eigenvalue weighted by Gasteiger charge is 2.15. The summed E-state index contributed by atoms with van der Waals surface area (Å²) in [5.41, 5.74) is 6.75. The molecule has 1 rings (SSSR count). The van der Waals surface area contributed by atoms with Gasteiger partial charge in [-0.05, 0) is 43.9 Å². The van der Waals surface area contributed by atoms with E-state index in [9.17, 15) is 4.79 Å². The largest absolute Gasteiger partial charge is 0.493 e. The summed E-state index contributed by atoms with van der Waals surface area (Å²) in [6.07, 6.45) is 4.16. The van der Waals surface area contributed by atoms with Crippen LogP contribution in [-0.2, 0) is 0 Å². The monoisotopic (exact) mass is 282 g/mol. The van der Waals surface area contributed by atoms with Gasteiger partial charge in [0.15, 0.2) is 0 Å². The molecule has 0 saturated heterocycles. The van der Waals surface area contributed by atoms with Crippen molar-refractivity contribution in [2.75, 3.05) is 30.9 Å². The Morgan fingerprint density at radius 3 is 2.89 bits per heavy atom. The summed E-state index contributed by atoms with van der Waals surface area (Å²) in [7, 11) is 0. The zero-order chi connectivity index (χ0) is 14.1. The number of nitrogens with two attached hydrogens (primary N) is 1. The van der Waals surface area contributed by atoms with Crippen molar-refractivity contribution in [1.29, 1.82) is 0 Å². The summed E-state index contributed by atoms with van der Waals surface area (Å²) in [5.74, 6) is 1.50. The van der Waals surface area contributed by atoms with Gasteiger partial charge in [0.25, 0.3) is 5.91 Å². The van der Waals surface area contributed by atoms with Crippen molar-refractivity contribution in [1.82, 2.24) is 5.32 Å². The van der Waals surface area contributed by atoms with E-state index < -0.39 is 0 Å². The summed E-state index contributed by atoms with van der Waals surface area (Å²) in [6, 6.07) is 5.27. The number of unbranched alkanes of at least 4 members (excludes halogenated alkanes) is 1. The van der Waals surface area contributed by atoms with E-state index in [2.05, 4.69) is 11.6 Å². The summed E-state index contributed by atoms with van der Waals surface area (Å²) in [5, 5.41) is 2.89. The number of ether oxygens (including phenoxy) is 1. The zero-order valence-electron chi connectivity index (χ0n) is 11.6. The average Bonchev–Trinajstić information content (AvgIpc) is 2.39. The van der Waals surface area contributed by atoms with E-state index in [4.69, 9.17) is 10.5 Å². The predicted molar refractivity (Wildman–Crippen MR) is 82.0 cm³/mol. The van der Waals surface area contributed by atoms with Gasteiger partial charge in [0.2, 0.25) is 0 Å². The van der Waals surface area contributed by atoms with E-state index in [1.807, 2.05) is 18.7 Å². The highest BCUT2D eigenvalue weighted by molar-refractivity contribution is 7.98. The van der Waals surface area contributed by atoms with E-state index >= 15 is 0 Å². The van der Waals surface area contributed by atoms with Crippen molar-refractivity contribution in [3.8, 4) is 5.75 Å². The van der Waals surface area contributed by atoms with Crippen LogP contribution in [0.25, 0.3) is 0 Å². The van der Waals surface area contributed by atoms with Gasteiger partial charge >= 0.3 is 0 Å². The molecule has 0 atom stereocenters. The summed E-state index contributed by atoms with van der Waals surface area (Å²) < 4.78 is 5.44. The van der Waals surface area contributed by atoms with Crippen molar-refractivity contribution >= 4 is 23.4 Å². The Bertz CT molecular complexity index is 410. The Morgan fingerprint density at radius 1 is 1.42 bits per heavy atom. The molecule has 0 saturated carbocycles. The molecule has 0 spiro atoms. The van der Waals surface area contributed by atoms with Crippen LogP contribution in [0, 0.1) is 0 Å². The van der Waals surface area contributed by atoms with Crippen LogP contribution in [0.2, 0.25) is 0 Å². The fourth-order valence-corrected chi connectivity index (χ4v) is 2.22. The quantitative estimate of drug-likeness (QED) is 0.568.